The van der Waals surface area contributed by atoms with Gasteiger partial charge < -0.3 is 25.0 Å². The first-order chi connectivity index (χ1) is 13.6. The van der Waals surface area contributed by atoms with Crippen molar-refractivity contribution in [3.63, 3.8) is 0 Å². The van der Waals surface area contributed by atoms with Crippen LogP contribution >= 0.6 is 0 Å². The van der Waals surface area contributed by atoms with Crippen molar-refractivity contribution in [1.82, 2.24) is 4.90 Å². The van der Waals surface area contributed by atoms with Gasteiger partial charge in [-0.15, -0.1) is 0 Å². The van der Waals surface area contributed by atoms with Crippen LogP contribution in [-0.2, 0) is 4.79 Å². The summed E-state index contributed by atoms with van der Waals surface area (Å²) in [6.45, 7) is 3.03. The molecule has 1 aliphatic heterocycles. The lowest BCUT2D eigenvalue weighted by Crippen LogP contribution is -2.45. The van der Waals surface area contributed by atoms with Crippen molar-refractivity contribution in [3.8, 4) is 11.5 Å². The summed E-state index contributed by atoms with van der Waals surface area (Å²) in [4.78, 5) is 27.0. The molecule has 28 heavy (non-hydrogen) atoms. The van der Waals surface area contributed by atoms with Crippen LogP contribution in [0.1, 0.15) is 19.8 Å². The Balaban J connectivity index is 1.64. The molecule has 2 aromatic carbocycles. The highest BCUT2D eigenvalue weighted by Gasteiger charge is 2.34. The summed E-state index contributed by atoms with van der Waals surface area (Å²) >= 11 is 0. The molecular formula is C21H25N3O4. The molecule has 1 saturated heterocycles. The van der Waals surface area contributed by atoms with Gasteiger partial charge in [0.05, 0.1) is 19.4 Å². The Morgan fingerprint density at radius 3 is 2.57 bits per heavy atom. The number of benzene rings is 2. The molecule has 2 aromatic rings. The number of nitrogens with zero attached hydrogens (tertiary/aromatic N) is 1. The van der Waals surface area contributed by atoms with E-state index in [-0.39, 0.29) is 11.9 Å². The van der Waals surface area contributed by atoms with Gasteiger partial charge in [0.25, 0.3) is 0 Å². The van der Waals surface area contributed by atoms with Gasteiger partial charge in [0.15, 0.2) is 0 Å². The van der Waals surface area contributed by atoms with Crippen molar-refractivity contribution in [3.05, 3.63) is 48.5 Å². The van der Waals surface area contributed by atoms with E-state index < -0.39 is 6.04 Å². The summed E-state index contributed by atoms with van der Waals surface area (Å²) in [5.74, 6) is 1.13. The third kappa shape index (κ3) is 4.54. The van der Waals surface area contributed by atoms with Crippen molar-refractivity contribution in [2.24, 2.45) is 0 Å². The number of para-hydroxylation sites is 2. The van der Waals surface area contributed by atoms with Crippen molar-refractivity contribution < 1.29 is 19.1 Å². The third-order valence-electron chi connectivity index (χ3n) is 4.60. The molecule has 1 atom stereocenters. The second-order valence-electron chi connectivity index (χ2n) is 6.43. The first-order valence-corrected chi connectivity index (χ1v) is 9.36. The fraction of sp³-hybridized carbons (Fsp3) is 0.333. The summed E-state index contributed by atoms with van der Waals surface area (Å²) in [7, 11) is 1.55. The predicted molar refractivity (Wildman–Crippen MR) is 108 cm³/mol. The average Bonchev–Trinajstić information content (AvgIpc) is 3.20. The molecule has 1 aliphatic rings. The highest BCUT2D eigenvalue weighted by Crippen LogP contribution is 2.26. The van der Waals surface area contributed by atoms with Crippen LogP contribution in [0.3, 0.4) is 0 Å². The topological polar surface area (TPSA) is 79.9 Å². The lowest BCUT2D eigenvalue weighted by atomic mass is 10.2. The Labute approximate surface area is 164 Å². The number of nitrogens with one attached hydrogen (secondary N) is 2. The molecule has 1 unspecified atom stereocenters. The maximum Gasteiger partial charge on any atom is 0.322 e. The lowest BCUT2D eigenvalue weighted by Gasteiger charge is -2.24. The molecule has 1 fully saturated rings. The zero-order valence-corrected chi connectivity index (χ0v) is 16.1. The second kappa shape index (κ2) is 9.12. The molecule has 7 heteroatoms. The van der Waals surface area contributed by atoms with Crippen molar-refractivity contribution in [1.29, 1.82) is 0 Å². The van der Waals surface area contributed by atoms with Crippen molar-refractivity contribution >= 4 is 23.3 Å². The van der Waals surface area contributed by atoms with Gasteiger partial charge in [-0.05, 0) is 56.2 Å². The highest BCUT2D eigenvalue weighted by atomic mass is 16.5. The molecule has 0 saturated carbocycles. The molecule has 3 rings (SSSR count). The molecule has 0 radical (unpaired) electrons. The maximum absolute atomic E-state index is 12.7. The SMILES string of the molecule is CCOc1ccc(NC(=O)C2CCCN2C(=O)Nc2ccccc2OC)cc1. The number of ether oxygens (including phenoxy) is 2. The minimum Gasteiger partial charge on any atom is -0.495 e. The normalized spacial score (nSPS) is 15.8. The number of hydrogen-bond donors (Lipinski definition) is 2. The number of anilines is 2. The summed E-state index contributed by atoms with van der Waals surface area (Å²) in [5, 5.41) is 5.72. The van der Waals surface area contributed by atoms with Crippen LogP contribution in [0.25, 0.3) is 0 Å². The Hall–Kier alpha value is -3.22. The van der Waals surface area contributed by atoms with Gasteiger partial charge in [0, 0.05) is 12.2 Å². The number of methoxy groups -OCH3 is 1. The van der Waals surface area contributed by atoms with E-state index in [1.54, 1.807) is 48.4 Å². The third-order valence-corrected chi connectivity index (χ3v) is 4.60. The number of likely N-dealkylation sites (tertiary alicyclic amines) is 1. The first-order valence-electron chi connectivity index (χ1n) is 9.36. The molecule has 2 N–H and O–H groups in total. The van der Waals surface area contributed by atoms with Crippen LogP contribution in [0, 0.1) is 0 Å². The van der Waals surface area contributed by atoms with Crippen LogP contribution < -0.4 is 20.1 Å². The van der Waals surface area contributed by atoms with E-state index >= 15 is 0 Å². The van der Waals surface area contributed by atoms with E-state index in [0.29, 0.717) is 36.7 Å². The van der Waals surface area contributed by atoms with E-state index in [2.05, 4.69) is 10.6 Å². The lowest BCUT2D eigenvalue weighted by molar-refractivity contribution is -0.119. The molecule has 148 valence electrons. The molecule has 0 bridgehead atoms. The molecule has 7 nitrogen and oxygen atoms in total. The van der Waals surface area contributed by atoms with Gasteiger partial charge in [-0.3, -0.25) is 4.79 Å². The summed E-state index contributed by atoms with van der Waals surface area (Å²) < 4.78 is 10.7. The number of carbonyl (C=O) groups is 2. The van der Waals surface area contributed by atoms with Crippen molar-refractivity contribution in [2.75, 3.05) is 30.9 Å². The number of hydrogen-bond acceptors (Lipinski definition) is 4. The largest absolute Gasteiger partial charge is 0.495 e. The van der Waals surface area contributed by atoms with E-state index in [4.69, 9.17) is 9.47 Å². The number of amides is 3. The van der Waals surface area contributed by atoms with Gasteiger partial charge in [-0.1, -0.05) is 12.1 Å². The molecule has 0 aliphatic carbocycles. The van der Waals surface area contributed by atoms with E-state index in [1.165, 1.54) is 0 Å². The number of carbonyl (C=O) groups excluding carboxylic acids is 2. The quantitative estimate of drug-likeness (QED) is 0.797. The van der Waals surface area contributed by atoms with Crippen LogP contribution in [0.5, 0.6) is 11.5 Å². The van der Waals surface area contributed by atoms with Gasteiger partial charge in [0.1, 0.15) is 17.5 Å². The smallest absolute Gasteiger partial charge is 0.322 e. The fourth-order valence-electron chi connectivity index (χ4n) is 3.24. The summed E-state index contributed by atoms with van der Waals surface area (Å²) in [6.07, 6.45) is 1.41. The predicted octanol–water partition coefficient (Wildman–Crippen LogP) is 3.73. The first kappa shape index (κ1) is 19.5. The minimum atomic E-state index is -0.513. The Bertz CT molecular complexity index is 823. The second-order valence-corrected chi connectivity index (χ2v) is 6.43. The van der Waals surface area contributed by atoms with Gasteiger partial charge >= 0.3 is 6.03 Å². The zero-order valence-electron chi connectivity index (χ0n) is 16.1. The highest BCUT2D eigenvalue weighted by molar-refractivity contribution is 6.00. The monoisotopic (exact) mass is 383 g/mol. The molecular weight excluding hydrogens is 358 g/mol. The van der Waals surface area contributed by atoms with E-state index in [0.717, 1.165) is 12.2 Å². The Morgan fingerprint density at radius 2 is 1.86 bits per heavy atom. The van der Waals surface area contributed by atoms with Crippen LogP contribution in [0.2, 0.25) is 0 Å². The van der Waals surface area contributed by atoms with Gasteiger partial charge in [-0.25, -0.2) is 4.79 Å². The van der Waals surface area contributed by atoms with Crippen LogP contribution in [0.15, 0.2) is 48.5 Å². The maximum atomic E-state index is 12.7. The Kier molecular flexibility index (Phi) is 6.37. The van der Waals surface area contributed by atoms with E-state index in [9.17, 15) is 9.59 Å². The molecule has 3 amide bonds. The fourth-order valence-corrected chi connectivity index (χ4v) is 3.24. The Morgan fingerprint density at radius 1 is 1.11 bits per heavy atom. The molecule has 1 heterocycles. The van der Waals surface area contributed by atoms with Gasteiger partial charge in [-0.2, -0.15) is 0 Å². The average molecular weight is 383 g/mol. The molecule has 0 spiro atoms. The number of urea groups is 1. The zero-order chi connectivity index (χ0) is 19.9. The summed E-state index contributed by atoms with van der Waals surface area (Å²) in [6, 6.07) is 13.6. The molecule has 0 aromatic heterocycles. The van der Waals surface area contributed by atoms with Crippen molar-refractivity contribution in [2.45, 2.75) is 25.8 Å². The van der Waals surface area contributed by atoms with Gasteiger partial charge in [0.2, 0.25) is 5.91 Å². The standard InChI is InChI=1S/C21H25N3O4/c1-3-28-16-12-10-15(11-13-16)22-20(25)18-8-6-14-24(18)21(26)23-17-7-4-5-9-19(17)27-2/h4-5,7,9-13,18H,3,6,8,14H2,1-2H3,(H,22,25)(H,23,26). The van der Waals surface area contributed by atoms with Crippen LogP contribution in [-0.4, -0.2) is 43.1 Å². The number of rotatable bonds is 6. The van der Waals surface area contributed by atoms with Crippen LogP contribution in [0.4, 0.5) is 16.2 Å². The van der Waals surface area contributed by atoms with E-state index in [1.807, 2.05) is 19.1 Å². The summed E-state index contributed by atoms with van der Waals surface area (Å²) in [5.41, 5.74) is 1.25. The minimum absolute atomic E-state index is 0.197.